The molecule has 5 nitrogen and oxygen atoms in total. The minimum Gasteiger partial charge on any atom is -0.344 e. The minimum absolute atomic E-state index is 0.189. The molecule has 2 aliphatic rings. The summed E-state index contributed by atoms with van der Waals surface area (Å²) in [7, 11) is 0. The number of H-pyrrole nitrogens is 1. The predicted octanol–water partition coefficient (Wildman–Crippen LogP) is 2.10. The molecule has 2 aliphatic heterocycles. The third-order valence-corrected chi connectivity index (χ3v) is 5.52. The molecule has 2 fully saturated rings. The fourth-order valence-electron chi connectivity index (χ4n) is 3.42. The molecule has 21 heavy (non-hydrogen) atoms. The van der Waals surface area contributed by atoms with Crippen molar-refractivity contribution in [1.29, 1.82) is 0 Å². The average Bonchev–Trinajstić information content (AvgIpc) is 3.15. The molecule has 2 aromatic heterocycles. The van der Waals surface area contributed by atoms with E-state index in [2.05, 4.69) is 20.2 Å². The van der Waals surface area contributed by atoms with E-state index in [0.29, 0.717) is 12.1 Å². The van der Waals surface area contributed by atoms with Crippen LogP contribution < -0.4 is 5.32 Å². The van der Waals surface area contributed by atoms with Crippen LogP contribution in [0, 0.1) is 0 Å². The van der Waals surface area contributed by atoms with Crippen molar-refractivity contribution in [3.63, 3.8) is 0 Å². The van der Waals surface area contributed by atoms with Crippen LogP contribution in [0.4, 0.5) is 0 Å². The van der Waals surface area contributed by atoms with Crippen LogP contribution in [0.5, 0.6) is 0 Å². The lowest BCUT2D eigenvalue weighted by Gasteiger charge is -2.27. The number of nitrogens with zero attached hydrogens (tertiary/aromatic N) is 2. The van der Waals surface area contributed by atoms with Gasteiger partial charge in [-0.1, -0.05) is 0 Å². The molecule has 1 amide bonds. The van der Waals surface area contributed by atoms with Crippen molar-refractivity contribution in [2.75, 3.05) is 13.1 Å². The van der Waals surface area contributed by atoms with Crippen LogP contribution in [0.25, 0.3) is 10.7 Å². The van der Waals surface area contributed by atoms with Gasteiger partial charge in [0.2, 0.25) is 0 Å². The van der Waals surface area contributed by atoms with E-state index in [9.17, 15) is 4.79 Å². The molecule has 0 aliphatic carbocycles. The third kappa shape index (κ3) is 2.28. The number of thiophene rings is 1. The minimum atomic E-state index is 0.189. The first-order valence-corrected chi connectivity index (χ1v) is 8.27. The molecule has 0 radical (unpaired) electrons. The van der Waals surface area contributed by atoms with Crippen molar-refractivity contribution in [3.05, 3.63) is 29.4 Å². The fourth-order valence-corrected chi connectivity index (χ4v) is 4.33. The number of carbonyl (C=O) groups excluding carboxylic acids is 1. The monoisotopic (exact) mass is 302 g/mol. The number of imidazole rings is 1. The summed E-state index contributed by atoms with van der Waals surface area (Å²) in [6, 6.07) is 4.68. The van der Waals surface area contributed by atoms with Crippen LogP contribution in [-0.2, 0) is 0 Å². The highest BCUT2D eigenvalue weighted by Gasteiger charge is 2.38. The molecule has 2 aromatic rings. The Bertz CT molecular complexity index is 622. The van der Waals surface area contributed by atoms with Crippen LogP contribution in [0.2, 0.25) is 0 Å². The number of amides is 1. The quantitative estimate of drug-likeness (QED) is 0.893. The van der Waals surface area contributed by atoms with Crippen molar-refractivity contribution in [2.24, 2.45) is 0 Å². The Labute approximate surface area is 127 Å². The second-order valence-electron chi connectivity index (χ2n) is 5.69. The van der Waals surface area contributed by atoms with Crippen LogP contribution in [-0.4, -0.2) is 45.9 Å². The standard InChI is InChI=1S/C15H18N4OS/c20-15(19-10-1-2-11(19)9-16-6-5-10)13-4-3-12(21-13)14-17-7-8-18-14/h3-4,7-8,10-11,16H,1-2,5-6,9H2,(H,17,18)/t10-,11+/m0/s1. The summed E-state index contributed by atoms with van der Waals surface area (Å²) in [5, 5.41) is 3.44. The zero-order valence-corrected chi connectivity index (χ0v) is 12.5. The van der Waals surface area contributed by atoms with E-state index in [0.717, 1.165) is 47.9 Å². The van der Waals surface area contributed by atoms with Crippen molar-refractivity contribution in [1.82, 2.24) is 20.2 Å². The Morgan fingerprint density at radius 3 is 3.05 bits per heavy atom. The molecule has 2 saturated heterocycles. The molecule has 2 bridgehead atoms. The average molecular weight is 302 g/mol. The summed E-state index contributed by atoms with van der Waals surface area (Å²) in [6.07, 6.45) is 6.88. The number of aromatic amines is 1. The SMILES string of the molecule is O=C(c1ccc(-c2ncc[nH]2)s1)N1[C@@H]2CCNC[C@H]1CC2. The molecule has 4 rings (SSSR count). The highest BCUT2D eigenvalue weighted by molar-refractivity contribution is 7.17. The lowest BCUT2D eigenvalue weighted by molar-refractivity contribution is 0.0685. The van der Waals surface area contributed by atoms with E-state index in [-0.39, 0.29) is 5.91 Å². The van der Waals surface area contributed by atoms with Gasteiger partial charge in [-0.15, -0.1) is 11.3 Å². The van der Waals surface area contributed by atoms with Gasteiger partial charge in [0.25, 0.3) is 5.91 Å². The molecule has 0 aromatic carbocycles. The van der Waals surface area contributed by atoms with Gasteiger partial charge in [0.1, 0.15) is 5.82 Å². The summed E-state index contributed by atoms with van der Waals surface area (Å²) < 4.78 is 0. The summed E-state index contributed by atoms with van der Waals surface area (Å²) in [4.78, 5) is 24.2. The Balaban J connectivity index is 1.60. The fraction of sp³-hybridized carbons (Fsp3) is 0.467. The number of aromatic nitrogens is 2. The predicted molar refractivity (Wildman–Crippen MR) is 82.4 cm³/mol. The molecule has 0 saturated carbocycles. The molecule has 6 heteroatoms. The van der Waals surface area contributed by atoms with Crippen molar-refractivity contribution >= 4 is 17.2 Å². The van der Waals surface area contributed by atoms with Crippen molar-refractivity contribution in [2.45, 2.75) is 31.3 Å². The van der Waals surface area contributed by atoms with Gasteiger partial charge in [0.05, 0.1) is 9.75 Å². The largest absolute Gasteiger partial charge is 0.344 e. The molecule has 110 valence electrons. The Morgan fingerprint density at radius 1 is 1.29 bits per heavy atom. The molecule has 0 spiro atoms. The van der Waals surface area contributed by atoms with Gasteiger partial charge in [-0.3, -0.25) is 4.79 Å². The summed E-state index contributed by atoms with van der Waals surface area (Å²) in [5.41, 5.74) is 0. The Morgan fingerprint density at radius 2 is 2.19 bits per heavy atom. The second-order valence-corrected chi connectivity index (χ2v) is 6.78. The van der Waals surface area contributed by atoms with E-state index < -0.39 is 0 Å². The van der Waals surface area contributed by atoms with Gasteiger partial charge in [0, 0.05) is 31.0 Å². The maximum Gasteiger partial charge on any atom is 0.264 e. The molecule has 0 unspecified atom stereocenters. The van der Waals surface area contributed by atoms with E-state index in [4.69, 9.17) is 0 Å². The lowest BCUT2D eigenvalue weighted by Crippen LogP contribution is -2.42. The number of hydrogen-bond acceptors (Lipinski definition) is 4. The number of nitrogens with one attached hydrogen (secondary N) is 2. The van der Waals surface area contributed by atoms with E-state index in [1.807, 2.05) is 12.1 Å². The maximum absolute atomic E-state index is 12.9. The number of fused-ring (bicyclic) bond motifs is 2. The highest BCUT2D eigenvalue weighted by atomic mass is 32.1. The Hall–Kier alpha value is -1.66. The molecule has 2 atom stereocenters. The molecular weight excluding hydrogens is 284 g/mol. The molecular formula is C15H18N4OS. The van der Waals surface area contributed by atoms with Crippen LogP contribution >= 0.6 is 11.3 Å². The first kappa shape index (κ1) is 13.0. The lowest BCUT2D eigenvalue weighted by atomic mass is 10.1. The van der Waals surface area contributed by atoms with Gasteiger partial charge >= 0.3 is 0 Å². The van der Waals surface area contributed by atoms with E-state index in [1.54, 1.807) is 12.4 Å². The van der Waals surface area contributed by atoms with Crippen LogP contribution in [0.3, 0.4) is 0 Å². The van der Waals surface area contributed by atoms with Gasteiger partial charge in [0.15, 0.2) is 0 Å². The number of carbonyl (C=O) groups is 1. The van der Waals surface area contributed by atoms with Gasteiger partial charge < -0.3 is 15.2 Å². The summed E-state index contributed by atoms with van der Waals surface area (Å²) in [6.45, 7) is 1.95. The Kier molecular flexibility index (Phi) is 3.27. The highest BCUT2D eigenvalue weighted by Crippen LogP contribution is 2.32. The number of hydrogen-bond donors (Lipinski definition) is 2. The summed E-state index contributed by atoms with van der Waals surface area (Å²) in [5.74, 6) is 1.02. The zero-order chi connectivity index (χ0) is 14.2. The van der Waals surface area contributed by atoms with E-state index >= 15 is 0 Å². The van der Waals surface area contributed by atoms with Gasteiger partial charge in [-0.25, -0.2) is 4.98 Å². The normalized spacial score (nSPS) is 25.0. The van der Waals surface area contributed by atoms with Gasteiger partial charge in [-0.05, 0) is 37.9 Å². The molecule has 4 heterocycles. The van der Waals surface area contributed by atoms with E-state index in [1.165, 1.54) is 11.3 Å². The molecule has 2 N–H and O–H groups in total. The van der Waals surface area contributed by atoms with Crippen molar-refractivity contribution < 1.29 is 4.79 Å². The first-order chi connectivity index (χ1) is 10.3. The summed E-state index contributed by atoms with van der Waals surface area (Å²) >= 11 is 1.53. The maximum atomic E-state index is 12.9. The van der Waals surface area contributed by atoms with Crippen LogP contribution in [0.15, 0.2) is 24.5 Å². The zero-order valence-electron chi connectivity index (χ0n) is 11.7. The first-order valence-electron chi connectivity index (χ1n) is 7.46. The van der Waals surface area contributed by atoms with Gasteiger partial charge in [-0.2, -0.15) is 0 Å². The topological polar surface area (TPSA) is 61.0 Å². The number of rotatable bonds is 2. The second kappa shape index (κ2) is 5.27. The van der Waals surface area contributed by atoms with Crippen LogP contribution in [0.1, 0.15) is 28.9 Å². The third-order valence-electron chi connectivity index (χ3n) is 4.44. The van der Waals surface area contributed by atoms with Crippen molar-refractivity contribution in [3.8, 4) is 10.7 Å². The smallest absolute Gasteiger partial charge is 0.264 e.